The first-order valence-electron chi connectivity index (χ1n) is 7.28. The van der Waals surface area contributed by atoms with E-state index >= 15 is 0 Å². The minimum Gasteiger partial charge on any atom is -0.363 e. The molecule has 1 N–H and O–H groups in total. The largest absolute Gasteiger partial charge is 0.363 e. The van der Waals surface area contributed by atoms with Crippen molar-refractivity contribution in [3.05, 3.63) is 21.9 Å². The van der Waals surface area contributed by atoms with Crippen molar-refractivity contribution in [2.45, 2.75) is 44.9 Å². The van der Waals surface area contributed by atoms with Crippen LogP contribution < -0.4 is 5.32 Å². The van der Waals surface area contributed by atoms with Crippen LogP contribution in [0, 0.1) is 6.92 Å². The van der Waals surface area contributed by atoms with Crippen LogP contribution >= 0.6 is 11.3 Å². The minimum absolute atomic E-state index is 0.0135. The summed E-state index contributed by atoms with van der Waals surface area (Å²) in [6, 6.07) is 4.53. The lowest BCUT2D eigenvalue weighted by atomic mass is 9.83. The molecule has 0 radical (unpaired) electrons. The zero-order valence-electron chi connectivity index (χ0n) is 12.1. The maximum absolute atomic E-state index is 11.4. The molecule has 0 aliphatic carbocycles. The Morgan fingerprint density at radius 1 is 1.45 bits per heavy atom. The first kappa shape index (κ1) is 14.0. The number of thiophene rings is 1. The first-order chi connectivity index (χ1) is 9.57. The van der Waals surface area contributed by atoms with E-state index in [9.17, 15) is 4.79 Å². The van der Waals surface area contributed by atoms with Crippen molar-refractivity contribution in [1.82, 2.24) is 10.2 Å². The molecule has 5 heteroatoms. The number of carbonyl (C=O) groups excluding carboxylic acids is 1. The number of hydrogen-bond donors (Lipinski definition) is 1. The van der Waals surface area contributed by atoms with Crippen LogP contribution in [0.4, 0.5) is 0 Å². The van der Waals surface area contributed by atoms with Crippen molar-refractivity contribution in [1.29, 1.82) is 0 Å². The molecule has 2 fully saturated rings. The van der Waals surface area contributed by atoms with Crippen LogP contribution in [0.15, 0.2) is 12.1 Å². The highest BCUT2D eigenvalue weighted by Gasteiger charge is 2.44. The highest BCUT2D eigenvalue weighted by atomic mass is 32.1. The van der Waals surface area contributed by atoms with Gasteiger partial charge >= 0.3 is 0 Å². The van der Waals surface area contributed by atoms with Crippen LogP contribution in [0.5, 0.6) is 0 Å². The van der Waals surface area contributed by atoms with Crippen LogP contribution in [-0.4, -0.2) is 42.1 Å². The molecule has 20 heavy (non-hydrogen) atoms. The Morgan fingerprint density at radius 2 is 2.20 bits per heavy atom. The molecule has 2 aliphatic heterocycles. The monoisotopic (exact) mass is 294 g/mol. The molecule has 0 aromatic carbocycles. The molecule has 2 saturated heterocycles. The van der Waals surface area contributed by atoms with Crippen molar-refractivity contribution in [3.8, 4) is 0 Å². The van der Waals surface area contributed by atoms with E-state index in [-0.39, 0.29) is 24.2 Å². The fraction of sp³-hybridized carbons (Fsp3) is 0.667. The van der Waals surface area contributed by atoms with E-state index < -0.39 is 0 Å². The Hall–Kier alpha value is -0.910. The van der Waals surface area contributed by atoms with E-state index in [1.165, 1.54) is 9.75 Å². The topological polar surface area (TPSA) is 41.6 Å². The molecule has 0 bridgehead atoms. The SMILES string of the molecule is Cc1ccc(CN2CCC3(CC2)OCC(=O)N[C@@H]3C)s1. The van der Waals surface area contributed by atoms with Gasteiger partial charge in [0.1, 0.15) is 6.61 Å². The Bertz CT molecular complexity index is 492. The summed E-state index contributed by atoms with van der Waals surface area (Å²) in [5, 5.41) is 3.03. The standard InChI is InChI=1S/C15H22N2O2S/c1-11-3-4-13(20-11)9-17-7-5-15(6-8-17)12(2)16-14(18)10-19-15/h3-4,12H,5-10H2,1-2H3,(H,16,18)/t12-/m1/s1. The number of ether oxygens (including phenoxy) is 1. The minimum atomic E-state index is -0.143. The smallest absolute Gasteiger partial charge is 0.246 e. The number of aryl methyl sites for hydroxylation is 1. The number of nitrogens with zero attached hydrogens (tertiary/aromatic N) is 1. The van der Waals surface area contributed by atoms with Crippen molar-refractivity contribution >= 4 is 17.2 Å². The van der Waals surface area contributed by atoms with Gasteiger partial charge in [0.05, 0.1) is 11.6 Å². The van der Waals surface area contributed by atoms with Gasteiger partial charge in [0.25, 0.3) is 0 Å². The van der Waals surface area contributed by atoms with Gasteiger partial charge in [-0.05, 0) is 38.8 Å². The molecule has 1 spiro atoms. The highest BCUT2D eigenvalue weighted by Crippen LogP contribution is 2.32. The molecule has 0 unspecified atom stereocenters. The summed E-state index contributed by atoms with van der Waals surface area (Å²) >= 11 is 1.88. The molecule has 0 saturated carbocycles. The fourth-order valence-electron chi connectivity index (χ4n) is 3.21. The summed E-state index contributed by atoms with van der Waals surface area (Å²) in [5.74, 6) is 0.0135. The molecule has 3 heterocycles. The Labute approximate surface area is 124 Å². The lowest BCUT2D eigenvalue weighted by Crippen LogP contribution is -2.62. The van der Waals surface area contributed by atoms with Gasteiger partial charge in [-0.25, -0.2) is 0 Å². The third-order valence-electron chi connectivity index (χ3n) is 4.54. The molecular weight excluding hydrogens is 272 g/mol. The molecule has 110 valence electrons. The molecule has 1 amide bonds. The van der Waals surface area contributed by atoms with Crippen LogP contribution in [0.25, 0.3) is 0 Å². The molecule has 4 nitrogen and oxygen atoms in total. The lowest BCUT2D eigenvalue weighted by molar-refractivity contribution is -0.159. The predicted octanol–water partition coefficient (Wildman–Crippen LogP) is 1.93. The van der Waals surface area contributed by atoms with E-state index in [0.717, 1.165) is 32.5 Å². The fourth-order valence-corrected chi connectivity index (χ4v) is 4.14. The molecule has 2 aliphatic rings. The van der Waals surface area contributed by atoms with Gasteiger partial charge in [0.2, 0.25) is 5.91 Å². The molecule has 3 rings (SSSR count). The van der Waals surface area contributed by atoms with Crippen LogP contribution in [-0.2, 0) is 16.1 Å². The van der Waals surface area contributed by atoms with E-state index in [2.05, 4.69) is 36.2 Å². The average molecular weight is 294 g/mol. The van der Waals surface area contributed by atoms with Gasteiger partial charge in [0, 0.05) is 29.4 Å². The zero-order chi connectivity index (χ0) is 14.2. The van der Waals surface area contributed by atoms with Gasteiger partial charge in [-0.3, -0.25) is 9.69 Å². The van der Waals surface area contributed by atoms with Gasteiger partial charge in [-0.2, -0.15) is 0 Å². The second-order valence-electron chi connectivity index (χ2n) is 5.93. The summed E-state index contributed by atoms with van der Waals surface area (Å²) in [5.41, 5.74) is -0.143. The third kappa shape index (κ3) is 2.75. The van der Waals surface area contributed by atoms with E-state index in [1.54, 1.807) is 0 Å². The van der Waals surface area contributed by atoms with Crippen molar-refractivity contribution < 1.29 is 9.53 Å². The van der Waals surface area contributed by atoms with Crippen molar-refractivity contribution in [2.24, 2.45) is 0 Å². The van der Waals surface area contributed by atoms with Crippen LogP contribution in [0.3, 0.4) is 0 Å². The number of piperidine rings is 1. The first-order valence-corrected chi connectivity index (χ1v) is 8.10. The third-order valence-corrected chi connectivity index (χ3v) is 5.52. The van der Waals surface area contributed by atoms with E-state index in [1.807, 2.05) is 11.3 Å². The van der Waals surface area contributed by atoms with Crippen molar-refractivity contribution in [2.75, 3.05) is 19.7 Å². The quantitative estimate of drug-likeness (QED) is 0.906. The Kier molecular flexibility index (Phi) is 3.84. The number of rotatable bonds is 2. The molecule has 1 aromatic heterocycles. The Morgan fingerprint density at radius 3 is 2.80 bits per heavy atom. The van der Waals surface area contributed by atoms with Gasteiger partial charge < -0.3 is 10.1 Å². The number of likely N-dealkylation sites (tertiary alicyclic amines) is 1. The van der Waals surface area contributed by atoms with Crippen molar-refractivity contribution in [3.63, 3.8) is 0 Å². The summed E-state index contributed by atoms with van der Waals surface area (Å²) in [6.45, 7) is 7.55. The maximum Gasteiger partial charge on any atom is 0.246 e. The number of morpholine rings is 1. The number of nitrogens with one attached hydrogen (secondary N) is 1. The van der Waals surface area contributed by atoms with Gasteiger partial charge in [-0.1, -0.05) is 0 Å². The number of amides is 1. The lowest BCUT2D eigenvalue weighted by Gasteiger charge is -2.47. The average Bonchev–Trinajstić information content (AvgIpc) is 2.82. The van der Waals surface area contributed by atoms with Gasteiger partial charge in [-0.15, -0.1) is 11.3 Å². The van der Waals surface area contributed by atoms with Crippen LogP contribution in [0.1, 0.15) is 29.5 Å². The number of hydrogen-bond acceptors (Lipinski definition) is 4. The Balaban J connectivity index is 1.57. The summed E-state index contributed by atoms with van der Waals surface area (Å²) < 4.78 is 5.90. The maximum atomic E-state index is 11.4. The van der Waals surface area contributed by atoms with E-state index in [0.29, 0.717) is 0 Å². The summed E-state index contributed by atoms with van der Waals surface area (Å²) in [6.07, 6.45) is 2.00. The second kappa shape index (κ2) is 5.47. The zero-order valence-corrected chi connectivity index (χ0v) is 13.0. The molecule has 1 aromatic rings. The van der Waals surface area contributed by atoms with E-state index in [4.69, 9.17) is 4.74 Å². The summed E-state index contributed by atoms with van der Waals surface area (Å²) in [7, 11) is 0. The van der Waals surface area contributed by atoms with Gasteiger partial charge in [0.15, 0.2) is 0 Å². The molecular formula is C15H22N2O2S. The predicted molar refractivity (Wildman–Crippen MR) is 79.9 cm³/mol. The number of carbonyl (C=O) groups is 1. The second-order valence-corrected chi connectivity index (χ2v) is 7.30. The van der Waals surface area contributed by atoms with Crippen LogP contribution in [0.2, 0.25) is 0 Å². The molecule has 1 atom stereocenters. The normalized spacial score (nSPS) is 26.7. The highest BCUT2D eigenvalue weighted by molar-refractivity contribution is 7.11. The summed E-state index contributed by atoms with van der Waals surface area (Å²) in [4.78, 5) is 16.7.